The first-order chi connectivity index (χ1) is 12.8. The van der Waals surface area contributed by atoms with Crippen LogP contribution in [-0.2, 0) is 11.0 Å². The summed E-state index contributed by atoms with van der Waals surface area (Å²) >= 11 is 0. The van der Waals surface area contributed by atoms with E-state index < -0.39 is 17.6 Å². The second kappa shape index (κ2) is 10.7. The van der Waals surface area contributed by atoms with Crippen LogP contribution in [0.2, 0.25) is 0 Å². The molecule has 2 aromatic rings. The number of hydrogen-bond acceptors (Lipinski definition) is 3. The Hall–Kier alpha value is -2.58. The van der Waals surface area contributed by atoms with Gasteiger partial charge < -0.3 is 16.0 Å². The van der Waals surface area contributed by atoms with E-state index in [0.29, 0.717) is 25.1 Å². The van der Waals surface area contributed by atoms with Crippen molar-refractivity contribution in [2.24, 2.45) is 0 Å². The summed E-state index contributed by atoms with van der Waals surface area (Å²) in [5, 5.41) is 8.07. The van der Waals surface area contributed by atoms with Crippen LogP contribution in [0.15, 0.2) is 48.5 Å². The van der Waals surface area contributed by atoms with Crippen LogP contribution in [0.25, 0.3) is 0 Å². The molecule has 5 nitrogen and oxygen atoms in total. The van der Waals surface area contributed by atoms with Crippen molar-refractivity contribution in [3.05, 3.63) is 59.7 Å². The molecule has 0 saturated heterocycles. The minimum Gasteiger partial charge on any atom is -0.326 e. The van der Waals surface area contributed by atoms with Crippen molar-refractivity contribution in [1.82, 2.24) is 5.32 Å². The molecule has 0 fully saturated rings. The van der Waals surface area contributed by atoms with Crippen molar-refractivity contribution in [3.63, 3.8) is 0 Å². The van der Waals surface area contributed by atoms with Crippen LogP contribution in [0.3, 0.4) is 0 Å². The second-order valence-corrected chi connectivity index (χ2v) is 5.87. The lowest BCUT2D eigenvalue weighted by molar-refractivity contribution is -0.137. The van der Waals surface area contributed by atoms with Crippen LogP contribution < -0.4 is 16.0 Å². The molecule has 0 atom stereocenters. The van der Waals surface area contributed by atoms with Gasteiger partial charge in [0.1, 0.15) is 0 Å². The van der Waals surface area contributed by atoms with E-state index in [4.69, 9.17) is 0 Å². The van der Waals surface area contributed by atoms with Crippen LogP contribution >= 0.6 is 12.4 Å². The summed E-state index contributed by atoms with van der Waals surface area (Å²) in [4.78, 5) is 24.2. The van der Waals surface area contributed by atoms with Crippen molar-refractivity contribution < 1.29 is 22.8 Å². The molecule has 2 amide bonds. The molecular weight excluding hydrogens is 395 g/mol. The second-order valence-electron chi connectivity index (χ2n) is 5.87. The molecule has 0 aromatic heterocycles. The fourth-order valence-electron chi connectivity index (χ4n) is 2.36. The monoisotopic (exact) mass is 415 g/mol. The highest BCUT2D eigenvalue weighted by molar-refractivity contribution is 6.05. The van der Waals surface area contributed by atoms with E-state index in [9.17, 15) is 22.8 Å². The van der Waals surface area contributed by atoms with Crippen molar-refractivity contribution >= 4 is 35.6 Å². The fraction of sp³-hybridized carbons (Fsp3) is 0.263. The third-order valence-corrected chi connectivity index (χ3v) is 3.69. The summed E-state index contributed by atoms with van der Waals surface area (Å²) in [5.74, 6) is -0.749. The minimum atomic E-state index is -4.49. The summed E-state index contributed by atoms with van der Waals surface area (Å²) in [7, 11) is 1.80. The van der Waals surface area contributed by atoms with Gasteiger partial charge in [0.2, 0.25) is 5.91 Å². The highest BCUT2D eigenvalue weighted by atomic mass is 35.5. The molecule has 0 aliphatic rings. The standard InChI is InChI=1S/C19H20F3N3O2.ClH/c1-23-10-4-9-17(26)24-15-7-2-5-13(11-15)18(27)25-16-8-3-6-14(12-16)19(20,21)22;/h2-3,5-8,11-12,23H,4,9-10H2,1H3,(H,24,26)(H,25,27);1H. The highest BCUT2D eigenvalue weighted by Crippen LogP contribution is 2.30. The van der Waals surface area contributed by atoms with Crippen molar-refractivity contribution in [3.8, 4) is 0 Å². The summed E-state index contributed by atoms with van der Waals surface area (Å²) in [6.07, 6.45) is -3.47. The van der Waals surface area contributed by atoms with Crippen LogP contribution in [0.5, 0.6) is 0 Å². The van der Waals surface area contributed by atoms with E-state index in [2.05, 4.69) is 16.0 Å². The van der Waals surface area contributed by atoms with Gasteiger partial charge in [-0.25, -0.2) is 0 Å². The zero-order valence-electron chi connectivity index (χ0n) is 15.1. The van der Waals surface area contributed by atoms with Gasteiger partial charge in [0, 0.05) is 23.4 Å². The van der Waals surface area contributed by atoms with Gasteiger partial charge in [-0.3, -0.25) is 9.59 Å². The van der Waals surface area contributed by atoms with E-state index in [-0.39, 0.29) is 29.6 Å². The van der Waals surface area contributed by atoms with E-state index in [1.54, 1.807) is 19.2 Å². The van der Waals surface area contributed by atoms with Gasteiger partial charge in [-0.15, -0.1) is 12.4 Å². The van der Waals surface area contributed by atoms with E-state index in [0.717, 1.165) is 12.1 Å². The maximum Gasteiger partial charge on any atom is 0.416 e. The maximum absolute atomic E-state index is 12.8. The van der Waals surface area contributed by atoms with Gasteiger partial charge in [0.15, 0.2) is 0 Å². The summed E-state index contributed by atoms with van der Waals surface area (Å²) in [6.45, 7) is 0.715. The zero-order chi connectivity index (χ0) is 19.9. The largest absolute Gasteiger partial charge is 0.416 e. The van der Waals surface area contributed by atoms with E-state index in [1.165, 1.54) is 24.3 Å². The van der Waals surface area contributed by atoms with E-state index >= 15 is 0 Å². The first-order valence-electron chi connectivity index (χ1n) is 8.33. The molecule has 0 unspecified atom stereocenters. The molecule has 0 radical (unpaired) electrons. The number of anilines is 2. The van der Waals surface area contributed by atoms with Crippen LogP contribution in [-0.4, -0.2) is 25.4 Å². The number of carbonyl (C=O) groups is 2. The average molecular weight is 416 g/mol. The van der Waals surface area contributed by atoms with Gasteiger partial charge in [-0.05, 0) is 56.4 Å². The molecule has 3 N–H and O–H groups in total. The predicted molar refractivity (Wildman–Crippen MR) is 105 cm³/mol. The smallest absolute Gasteiger partial charge is 0.326 e. The topological polar surface area (TPSA) is 70.2 Å². The molecule has 0 saturated carbocycles. The van der Waals surface area contributed by atoms with Crippen LogP contribution in [0.1, 0.15) is 28.8 Å². The average Bonchev–Trinajstić information content (AvgIpc) is 2.61. The number of rotatable bonds is 7. The molecule has 0 heterocycles. The van der Waals surface area contributed by atoms with Crippen LogP contribution in [0, 0.1) is 0 Å². The number of nitrogens with one attached hydrogen (secondary N) is 3. The number of alkyl halides is 3. The van der Waals surface area contributed by atoms with Crippen molar-refractivity contribution in [1.29, 1.82) is 0 Å². The first-order valence-corrected chi connectivity index (χ1v) is 8.33. The summed E-state index contributed by atoms with van der Waals surface area (Å²) < 4.78 is 38.3. The summed E-state index contributed by atoms with van der Waals surface area (Å²) in [5.41, 5.74) is -0.138. The lowest BCUT2D eigenvalue weighted by Crippen LogP contribution is -2.16. The molecular formula is C19H21ClF3N3O2. The minimum absolute atomic E-state index is 0. The Kier molecular flexibility index (Phi) is 8.94. The quantitative estimate of drug-likeness (QED) is 0.590. The van der Waals surface area contributed by atoms with Crippen molar-refractivity contribution in [2.75, 3.05) is 24.2 Å². The SMILES string of the molecule is CNCCCC(=O)Nc1cccc(C(=O)Nc2cccc(C(F)(F)F)c2)c1.Cl. The molecule has 28 heavy (non-hydrogen) atoms. The first kappa shape index (κ1) is 23.5. The van der Waals surface area contributed by atoms with Crippen LogP contribution in [0.4, 0.5) is 24.5 Å². The Morgan fingerprint density at radius 1 is 0.964 bits per heavy atom. The van der Waals surface area contributed by atoms with Crippen molar-refractivity contribution in [2.45, 2.75) is 19.0 Å². The Labute approximate surface area is 167 Å². The lowest BCUT2D eigenvalue weighted by Gasteiger charge is -2.11. The Bertz CT molecular complexity index is 813. The zero-order valence-corrected chi connectivity index (χ0v) is 15.9. The predicted octanol–water partition coefficient (Wildman–Crippen LogP) is 4.32. The van der Waals surface area contributed by atoms with Gasteiger partial charge in [0.05, 0.1) is 5.56 Å². The normalized spacial score (nSPS) is 10.7. The lowest BCUT2D eigenvalue weighted by atomic mass is 10.1. The third kappa shape index (κ3) is 7.21. The van der Waals surface area contributed by atoms with Gasteiger partial charge in [-0.2, -0.15) is 13.2 Å². The van der Waals surface area contributed by atoms with Gasteiger partial charge >= 0.3 is 6.18 Å². The number of carbonyl (C=O) groups excluding carboxylic acids is 2. The molecule has 0 bridgehead atoms. The number of hydrogen-bond donors (Lipinski definition) is 3. The number of amides is 2. The maximum atomic E-state index is 12.8. The molecule has 2 aromatic carbocycles. The number of halogens is 4. The fourth-order valence-corrected chi connectivity index (χ4v) is 2.36. The molecule has 152 valence electrons. The van der Waals surface area contributed by atoms with Gasteiger partial charge in [0.25, 0.3) is 5.91 Å². The molecule has 0 aliphatic carbocycles. The molecule has 0 spiro atoms. The van der Waals surface area contributed by atoms with Gasteiger partial charge in [-0.1, -0.05) is 12.1 Å². The van der Waals surface area contributed by atoms with E-state index in [1.807, 2.05) is 0 Å². The molecule has 9 heteroatoms. The number of benzene rings is 2. The Morgan fingerprint density at radius 2 is 1.61 bits per heavy atom. The Balaban J connectivity index is 0.00000392. The highest BCUT2D eigenvalue weighted by Gasteiger charge is 2.30. The third-order valence-electron chi connectivity index (χ3n) is 3.69. The summed E-state index contributed by atoms with van der Waals surface area (Å²) in [6, 6.07) is 10.6. The molecule has 0 aliphatic heterocycles. The molecule has 2 rings (SSSR count). The Morgan fingerprint density at radius 3 is 2.25 bits per heavy atom.